The van der Waals surface area contributed by atoms with Gasteiger partial charge in [-0.1, -0.05) is 12.1 Å². The fourth-order valence-electron chi connectivity index (χ4n) is 2.40. The van der Waals surface area contributed by atoms with E-state index in [1.165, 1.54) is 6.07 Å². The second-order valence-corrected chi connectivity index (χ2v) is 4.79. The lowest BCUT2D eigenvalue weighted by Gasteiger charge is -2.33. The van der Waals surface area contributed by atoms with Gasteiger partial charge in [0.05, 0.1) is 0 Å². The van der Waals surface area contributed by atoms with Crippen LogP contribution < -0.4 is 5.73 Å². The molecular formula is C13H17F2N. The Morgan fingerprint density at radius 2 is 2.19 bits per heavy atom. The van der Waals surface area contributed by atoms with E-state index in [2.05, 4.69) is 0 Å². The van der Waals surface area contributed by atoms with Gasteiger partial charge in [-0.05, 0) is 43.4 Å². The SMILES string of the molecule is Cc1ccc(C2(F)CCCC(N)C2)cc1F. The maximum atomic E-state index is 14.6. The predicted octanol–water partition coefficient (Wildman–Crippen LogP) is 3.20. The van der Waals surface area contributed by atoms with E-state index in [1.807, 2.05) is 0 Å². The van der Waals surface area contributed by atoms with Gasteiger partial charge in [0.1, 0.15) is 11.5 Å². The third-order valence-corrected chi connectivity index (χ3v) is 3.42. The first-order valence-electron chi connectivity index (χ1n) is 5.72. The van der Waals surface area contributed by atoms with Gasteiger partial charge in [0, 0.05) is 12.5 Å². The molecule has 2 atom stereocenters. The molecule has 1 aliphatic rings. The summed E-state index contributed by atoms with van der Waals surface area (Å²) in [6.45, 7) is 1.68. The molecule has 1 fully saturated rings. The zero-order valence-electron chi connectivity index (χ0n) is 9.47. The molecule has 2 unspecified atom stereocenters. The van der Waals surface area contributed by atoms with Crippen molar-refractivity contribution in [2.24, 2.45) is 5.73 Å². The van der Waals surface area contributed by atoms with Crippen molar-refractivity contribution in [2.75, 3.05) is 0 Å². The van der Waals surface area contributed by atoms with Crippen LogP contribution in [0.4, 0.5) is 8.78 Å². The topological polar surface area (TPSA) is 26.0 Å². The lowest BCUT2D eigenvalue weighted by atomic mass is 9.79. The van der Waals surface area contributed by atoms with Crippen molar-refractivity contribution in [3.8, 4) is 0 Å². The average Bonchev–Trinajstić information content (AvgIpc) is 2.21. The summed E-state index contributed by atoms with van der Waals surface area (Å²) in [5.41, 5.74) is 5.33. The Balaban J connectivity index is 2.31. The highest BCUT2D eigenvalue weighted by molar-refractivity contribution is 5.28. The molecule has 2 rings (SSSR count). The Morgan fingerprint density at radius 3 is 2.81 bits per heavy atom. The van der Waals surface area contributed by atoms with Crippen LogP contribution in [0.3, 0.4) is 0 Å². The first-order chi connectivity index (χ1) is 7.51. The largest absolute Gasteiger partial charge is 0.328 e. The fraction of sp³-hybridized carbons (Fsp3) is 0.538. The summed E-state index contributed by atoms with van der Waals surface area (Å²) < 4.78 is 28.0. The number of halogens is 2. The molecule has 2 N–H and O–H groups in total. The molecule has 1 aromatic rings. The number of alkyl halides is 1. The van der Waals surface area contributed by atoms with Crippen LogP contribution in [0.25, 0.3) is 0 Å². The van der Waals surface area contributed by atoms with Gasteiger partial charge in [-0.15, -0.1) is 0 Å². The zero-order valence-corrected chi connectivity index (χ0v) is 9.47. The van der Waals surface area contributed by atoms with Crippen LogP contribution in [-0.2, 0) is 5.67 Å². The number of hydrogen-bond acceptors (Lipinski definition) is 1. The summed E-state index contributed by atoms with van der Waals surface area (Å²) in [6, 6.07) is 4.51. The number of hydrogen-bond donors (Lipinski definition) is 1. The number of nitrogens with two attached hydrogens (primary N) is 1. The van der Waals surface area contributed by atoms with Gasteiger partial charge in [-0.3, -0.25) is 0 Å². The zero-order chi connectivity index (χ0) is 11.8. The van der Waals surface area contributed by atoms with Crippen molar-refractivity contribution in [3.63, 3.8) is 0 Å². The van der Waals surface area contributed by atoms with E-state index in [9.17, 15) is 8.78 Å². The number of aryl methyl sites for hydroxylation is 1. The molecule has 0 amide bonds. The third kappa shape index (κ3) is 2.09. The molecule has 1 aliphatic carbocycles. The van der Waals surface area contributed by atoms with Gasteiger partial charge < -0.3 is 5.73 Å². The average molecular weight is 225 g/mol. The quantitative estimate of drug-likeness (QED) is 0.780. The van der Waals surface area contributed by atoms with Gasteiger partial charge in [0.25, 0.3) is 0 Å². The van der Waals surface area contributed by atoms with Crippen molar-refractivity contribution in [2.45, 2.75) is 44.3 Å². The van der Waals surface area contributed by atoms with E-state index in [1.54, 1.807) is 19.1 Å². The van der Waals surface area contributed by atoms with E-state index in [0.29, 0.717) is 24.0 Å². The van der Waals surface area contributed by atoms with Crippen LogP contribution in [0, 0.1) is 12.7 Å². The maximum absolute atomic E-state index is 14.6. The highest BCUT2D eigenvalue weighted by atomic mass is 19.1. The maximum Gasteiger partial charge on any atom is 0.137 e. The van der Waals surface area contributed by atoms with E-state index in [4.69, 9.17) is 5.73 Å². The fourth-order valence-corrected chi connectivity index (χ4v) is 2.40. The van der Waals surface area contributed by atoms with Crippen molar-refractivity contribution in [3.05, 3.63) is 35.1 Å². The monoisotopic (exact) mass is 225 g/mol. The molecule has 1 nitrogen and oxygen atoms in total. The smallest absolute Gasteiger partial charge is 0.137 e. The lowest BCUT2D eigenvalue weighted by Crippen LogP contribution is -2.36. The van der Waals surface area contributed by atoms with Crippen LogP contribution in [0.15, 0.2) is 18.2 Å². The molecule has 3 heteroatoms. The molecule has 0 aliphatic heterocycles. The lowest BCUT2D eigenvalue weighted by molar-refractivity contribution is 0.0944. The van der Waals surface area contributed by atoms with Gasteiger partial charge >= 0.3 is 0 Å². The first-order valence-corrected chi connectivity index (χ1v) is 5.72. The highest BCUT2D eigenvalue weighted by Crippen LogP contribution is 2.40. The summed E-state index contributed by atoms with van der Waals surface area (Å²) in [6.07, 6.45) is 2.38. The summed E-state index contributed by atoms with van der Waals surface area (Å²) in [5, 5.41) is 0. The molecule has 88 valence electrons. The number of benzene rings is 1. The molecule has 0 radical (unpaired) electrons. The Kier molecular flexibility index (Phi) is 2.98. The second kappa shape index (κ2) is 4.13. The van der Waals surface area contributed by atoms with E-state index in [-0.39, 0.29) is 11.9 Å². The molecule has 0 saturated heterocycles. The molecule has 16 heavy (non-hydrogen) atoms. The molecule has 1 aromatic carbocycles. The Labute approximate surface area is 94.7 Å². The Bertz CT molecular complexity index is 392. The third-order valence-electron chi connectivity index (χ3n) is 3.42. The van der Waals surface area contributed by atoms with Gasteiger partial charge in [-0.2, -0.15) is 0 Å². The molecule has 0 bridgehead atoms. The molecule has 1 saturated carbocycles. The molecule has 0 aromatic heterocycles. The predicted molar refractivity (Wildman–Crippen MR) is 60.4 cm³/mol. The normalized spacial score (nSPS) is 30.4. The van der Waals surface area contributed by atoms with Crippen molar-refractivity contribution in [1.82, 2.24) is 0 Å². The van der Waals surface area contributed by atoms with E-state index >= 15 is 0 Å². The van der Waals surface area contributed by atoms with Gasteiger partial charge in [0.2, 0.25) is 0 Å². The van der Waals surface area contributed by atoms with Gasteiger partial charge in [-0.25, -0.2) is 8.78 Å². The summed E-state index contributed by atoms with van der Waals surface area (Å²) in [7, 11) is 0. The van der Waals surface area contributed by atoms with Crippen LogP contribution in [0.1, 0.15) is 36.8 Å². The highest BCUT2D eigenvalue weighted by Gasteiger charge is 2.37. The van der Waals surface area contributed by atoms with Crippen molar-refractivity contribution in [1.29, 1.82) is 0 Å². The standard InChI is InChI=1S/C13H17F2N/c1-9-4-5-10(7-12(9)14)13(15)6-2-3-11(16)8-13/h4-5,7,11H,2-3,6,8,16H2,1H3. The van der Waals surface area contributed by atoms with E-state index in [0.717, 1.165) is 12.8 Å². The van der Waals surface area contributed by atoms with E-state index < -0.39 is 5.67 Å². The Morgan fingerprint density at radius 1 is 1.44 bits per heavy atom. The van der Waals surface area contributed by atoms with Crippen LogP contribution in [0.5, 0.6) is 0 Å². The molecule has 0 spiro atoms. The van der Waals surface area contributed by atoms with Crippen molar-refractivity contribution < 1.29 is 8.78 Å². The van der Waals surface area contributed by atoms with Crippen LogP contribution in [-0.4, -0.2) is 6.04 Å². The molecule has 0 heterocycles. The number of rotatable bonds is 1. The minimum Gasteiger partial charge on any atom is -0.328 e. The second-order valence-electron chi connectivity index (χ2n) is 4.79. The van der Waals surface area contributed by atoms with Crippen molar-refractivity contribution >= 4 is 0 Å². The minimum absolute atomic E-state index is 0.108. The first kappa shape index (κ1) is 11.5. The van der Waals surface area contributed by atoms with Crippen LogP contribution >= 0.6 is 0 Å². The Hall–Kier alpha value is -0.960. The van der Waals surface area contributed by atoms with Crippen LogP contribution in [0.2, 0.25) is 0 Å². The summed E-state index contributed by atoms with van der Waals surface area (Å²) in [4.78, 5) is 0. The summed E-state index contributed by atoms with van der Waals surface area (Å²) >= 11 is 0. The van der Waals surface area contributed by atoms with Gasteiger partial charge in [0.15, 0.2) is 0 Å². The summed E-state index contributed by atoms with van der Waals surface area (Å²) in [5.74, 6) is -0.339. The minimum atomic E-state index is -1.44. The molecular weight excluding hydrogens is 208 g/mol.